The minimum absolute atomic E-state index is 0.00272. The van der Waals surface area contributed by atoms with Gasteiger partial charge in [-0.3, -0.25) is 4.79 Å². The van der Waals surface area contributed by atoms with Crippen LogP contribution >= 0.6 is 0 Å². The zero-order chi connectivity index (χ0) is 13.8. The van der Waals surface area contributed by atoms with Crippen molar-refractivity contribution in [1.29, 1.82) is 0 Å². The second-order valence-electron chi connectivity index (χ2n) is 4.94. The van der Waals surface area contributed by atoms with Gasteiger partial charge in [0.25, 0.3) is 0 Å². The molecule has 0 saturated heterocycles. The lowest BCUT2D eigenvalue weighted by atomic mass is 9.99. The fourth-order valence-electron chi connectivity index (χ4n) is 2.17. The van der Waals surface area contributed by atoms with Gasteiger partial charge in [0.15, 0.2) is 0 Å². The molecular formula is C16H20N2O. The third kappa shape index (κ3) is 2.93. The molecule has 0 aliphatic heterocycles. The highest BCUT2D eigenvalue weighted by atomic mass is 16.1. The van der Waals surface area contributed by atoms with Gasteiger partial charge in [0.2, 0.25) is 5.91 Å². The fraction of sp³-hybridized carbons (Fsp3) is 0.312. The van der Waals surface area contributed by atoms with Crippen molar-refractivity contribution in [2.24, 2.45) is 11.7 Å². The predicted octanol–water partition coefficient (Wildman–Crippen LogP) is 2.61. The van der Waals surface area contributed by atoms with Crippen molar-refractivity contribution in [1.82, 2.24) is 5.32 Å². The molecule has 0 saturated carbocycles. The third-order valence-electron chi connectivity index (χ3n) is 3.45. The third-order valence-corrected chi connectivity index (χ3v) is 3.45. The van der Waals surface area contributed by atoms with E-state index in [2.05, 4.69) is 29.6 Å². The molecule has 3 nitrogen and oxygen atoms in total. The second-order valence-corrected chi connectivity index (χ2v) is 4.94. The van der Waals surface area contributed by atoms with Crippen molar-refractivity contribution in [3.05, 3.63) is 48.0 Å². The monoisotopic (exact) mass is 256 g/mol. The maximum atomic E-state index is 11.9. The first kappa shape index (κ1) is 13.6. The molecule has 0 radical (unpaired) electrons. The number of nitrogens with one attached hydrogen (secondary N) is 1. The van der Waals surface area contributed by atoms with E-state index in [0.717, 1.165) is 5.56 Å². The van der Waals surface area contributed by atoms with Crippen LogP contribution in [-0.4, -0.2) is 12.5 Å². The van der Waals surface area contributed by atoms with Crippen LogP contribution in [0.5, 0.6) is 0 Å². The van der Waals surface area contributed by atoms with Crippen molar-refractivity contribution >= 4 is 16.7 Å². The summed E-state index contributed by atoms with van der Waals surface area (Å²) >= 11 is 0. The molecule has 0 spiro atoms. The van der Waals surface area contributed by atoms with E-state index in [4.69, 9.17) is 5.73 Å². The Morgan fingerprint density at radius 3 is 2.58 bits per heavy atom. The summed E-state index contributed by atoms with van der Waals surface area (Å²) in [7, 11) is 0. The van der Waals surface area contributed by atoms with Crippen LogP contribution < -0.4 is 11.1 Å². The molecule has 0 bridgehead atoms. The summed E-state index contributed by atoms with van der Waals surface area (Å²) in [5, 5.41) is 5.39. The number of carbonyl (C=O) groups excluding carboxylic acids is 1. The minimum atomic E-state index is -0.155. The molecular weight excluding hydrogens is 236 g/mol. The van der Waals surface area contributed by atoms with Crippen LogP contribution in [-0.2, 0) is 4.79 Å². The van der Waals surface area contributed by atoms with Gasteiger partial charge < -0.3 is 11.1 Å². The smallest absolute Gasteiger partial charge is 0.224 e. The predicted molar refractivity (Wildman–Crippen MR) is 78.7 cm³/mol. The molecule has 0 aromatic heterocycles. The first-order valence-corrected chi connectivity index (χ1v) is 6.61. The molecule has 1 amide bonds. The van der Waals surface area contributed by atoms with Crippen LogP contribution in [0.25, 0.3) is 10.8 Å². The van der Waals surface area contributed by atoms with Crippen molar-refractivity contribution in [3.63, 3.8) is 0 Å². The fourth-order valence-corrected chi connectivity index (χ4v) is 2.17. The summed E-state index contributed by atoms with van der Waals surface area (Å²) in [5.41, 5.74) is 6.65. The van der Waals surface area contributed by atoms with E-state index in [0.29, 0.717) is 6.54 Å². The van der Waals surface area contributed by atoms with Crippen LogP contribution in [0.2, 0.25) is 0 Å². The second kappa shape index (κ2) is 5.85. The maximum Gasteiger partial charge on any atom is 0.224 e. The van der Waals surface area contributed by atoms with Crippen molar-refractivity contribution in [2.45, 2.75) is 19.9 Å². The summed E-state index contributed by atoms with van der Waals surface area (Å²) in [6, 6.07) is 14.3. The minimum Gasteiger partial charge on any atom is -0.349 e. The van der Waals surface area contributed by atoms with E-state index in [9.17, 15) is 4.79 Å². The van der Waals surface area contributed by atoms with Gasteiger partial charge in [-0.15, -0.1) is 0 Å². The summed E-state index contributed by atoms with van der Waals surface area (Å²) < 4.78 is 0. The molecule has 0 heterocycles. The van der Waals surface area contributed by atoms with Crippen molar-refractivity contribution < 1.29 is 4.79 Å². The zero-order valence-electron chi connectivity index (χ0n) is 11.4. The van der Waals surface area contributed by atoms with Gasteiger partial charge in [-0.2, -0.15) is 0 Å². The highest BCUT2D eigenvalue weighted by Crippen LogP contribution is 2.24. The molecule has 2 rings (SSSR count). The molecule has 3 N–H and O–H groups in total. The highest BCUT2D eigenvalue weighted by Gasteiger charge is 2.15. The molecule has 19 heavy (non-hydrogen) atoms. The molecule has 0 fully saturated rings. The van der Waals surface area contributed by atoms with Crippen LogP contribution in [0.3, 0.4) is 0 Å². The van der Waals surface area contributed by atoms with Gasteiger partial charge in [-0.05, 0) is 23.3 Å². The lowest BCUT2D eigenvalue weighted by molar-refractivity contribution is -0.124. The first-order valence-electron chi connectivity index (χ1n) is 6.61. The molecule has 0 aliphatic rings. The van der Waals surface area contributed by atoms with Gasteiger partial charge in [0.1, 0.15) is 0 Å². The maximum absolute atomic E-state index is 11.9. The van der Waals surface area contributed by atoms with Crippen molar-refractivity contribution in [2.75, 3.05) is 6.54 Å². The normalized spacial score (nSPS) is 14.1. The van der Waals surface area contributed by atoms with Crippen molar-refractivity contribution in [3.8, 4) is 0 Å². The topological polar surface area (TPSA) is 55.1 Å². The SMILES string of the molecule is CC(CN)C(=O)NC(C)c1cccc2ccccc12. The Hall–Kier alpha value is -1.87. The largest absolute Gasteiger partial charge is 0.349 e. The number of nitrogens with two attached hydrogens (primary N) is 1. The van der Waals surface area contributed by atoms with E-state index >= 15 is 0 Å². The van der Waals surface area contributed by atoms with Gasteiger partial charge in [0.05, 0.1) is 6.04 Å². The molecule has 0 aliphatic carbocycles. The Kier molecular flexibility index (Phi) is 4.17. The average molecular weight is 256 g/mol. The lowest BCUT2D eigenvalue weighted by Gasteiger charge is -2.18. The number of rotatable bonds is 4. The Balaban J connectivity index is 2.27. The Morgan fingerprint density at radius 2 is 1.84 bits per heavy atom. The molecule has 3 heteroatoms. The van der Waals surface area contributed by atoms with Crippen LogP contribution in [0.1, 0.15) is 25.5 Å². The molecule has 2 atom stereocenters. The van der Waals surface area contributed by atoms with E-state index in [-0.39, 0.29) is 17.9 Å². The number of hydrogen-bond acceptors (Lipinski definition) is 2. The Bertz CT molecular complexity index is 574. The number of hydrogen-bond donors (Lipinski definition) is 2. The summed E-state index contributed by atoms with van der Waals surface area (Å²) in [6.07, 6.45) is 0. The highest BCUT2D eigenvalue weighted by molar-refractivity contribution is 5.87. The van der Waals surface area contributed by atoms with E-state index in [1.807, 2.05) is 32.0 Å². The standard InChI is InChI=1S/C16H20N2O/c1-11(10-17)16(19)18-12(2)14-9-5-7-13-6-3-4-8-15(13)14/h3-9,11-12H,10,17H2,1-2H3,(H,18,19). The van der Waals surface area contributed by atoms with E-state index in [1.165, 1.54) is 10.8 Å². The number of benzene rings is 2. The molecule has 2 aromatic rings. The number of amides is 1. The molecule has 2 unspecified atom stereocenters. The lowest BCUT2D eigenvalue weighted by Crippen LogP contribution is -2.34. The first-order chi connectivity index (χ1) is 9.13. The van der Waals surface area contributed by atoms with Crippen LogP contribution in [0.15, 0.2) is 42.5 Å². The molecule has 100 valence electrons. The number of carbonyl (C=O) groups is 1. The van der Waals surface area contributed by atoms with Gasteiger partial charge in [-0.25, -0.2) is 0 Å². The van der Waals surface area contributed by atoms with Gasteiger partial charge >= 0.3 is 0 Å². The molecule has 2 aromatic carbocycles. The summed E-state index contributed by atoms with van der Waals surface area (Å²) in [6.45, 7) is 4.21. The average Bonchev–Trinajstić information content (AvgIpc) is 2.45. The summed E-state index contributed by atoms with van der Waals surface area (Å²) in [4.78, 5) is 11.9. The van der Waals surface area contributed by atoms with Gasteiger partial charge in [0, 0.05) is 12.5 Å². The summed E-state index contributed by atoms with van der Waals surface area (Å²) in [5.74, 6) is -0.152. The van der Waals surface area contributed by atoms with Crippen LogP contribution in [0.4, 0.5) is 0 Å². The number of fused-ring (bicyclic) bond motifs is 1. The van der Waals surface area contributed by atoms with Gasteiger partial charge in [-0.1, -0.05) is 49.4 Å². The Morgan fingerprint density at radius 1 is 1.16 bits per heavy atom. The van der Waals surface area contributed by atoms with E-state index in [1.54, 1.807) is 0 Å². The Labute approximate surface area is 113 Å². The quantitative estimate of drug-likeness (QED) is 0.883. The van der Waals surface area contributed by atoms with Crippen LogP contribution in [0, 0.1) is 5.92 Å². The van der Waals surface area contributed by atoms with E-state index < -0.39 is 0 Å². The zero-order valence-corrected chi connectivity index (χ0v) is 11.4.